The monoisotopic (exact) mass is 400 g/mol. The van der Waals surface area contributed by atoms with E-state index in [9.17, 15) is 14.0 Å². The highest BCUT2D eigenvalue weighted by Gasteiger charge is 2.25. The van der Waals surface area contributed by atoms with Crippen molar-refractivity contribution in [1.29, 1.82) is 0 Å². The van der Waals surface area contributed by atoms with E-state index in [4.69, 9.17) is 9.47 Å². The highest BCUT2D eigenvalue weighted by molar-refractivity contribution is 5.95. The number of rotatable bonds is 6. The number of carbonyl (C=O) groups excluding carboxylic acids is 2. The van der Waals surface area contributed by atoms with Gasteiger partial charge in [0.25, 0.3) is 5.91 Å². The van der Waals surface area contributed by atoms with E-state index >= 15 is 0 Å². The van der Waals surface area contributed by atoms with Crippen molar-refractivity contribution in [1.82, 2.24) is 10.2 Å². The number of hydrogen-bond acceptors (Lipinski definition) is 4. The Morgan fingerprint density at radius 1 is 1.03 bits per heavy atom. The van der Waals surface area contributed by atoms with Gasteiger partial charge in [0.05, 0.1) is 20.6 Å². The van der Waals surface area contributed by atoms with Crippen molar-refractivity contribution in [2.24, 2.45) is 0 Å². The van der Waals surface area contributed by atoms with Crippen molar-refractivity contribution in [3.63, 3.8) is 0 Å². The van der Waals surface area contributed by atoms with Crippen LogP contribution in [0.15, 0.2) is 42.5 Å². The van der Waals surface area contributed by atoms with Crippen LogP contribution in [0.25, 0.3) is 0 Å². The van der Waals surface area contributed by atoms with E-state index in [1.54, 1.807) is 42.3 Å². The molecule has 3 rings (SSSR count). The van der Waals surface area contributed by atoms with Gasteiger partial charge in [-0.1, -0.05) is 12.1 Å². The number of ether oxygens (including phenoxy) is 2. The number of nitrogens with one attached hydrogen (secondary N) is 1. The molecular weight excluding hydrogens is 375 g/mol. The molecule has 1 aliphatic rings. The zero-order chi connectivity index (χ0) is 20.8. The number of likely N-dealkylation sites (tertiary alicyclic amines) is 1. The Kier molecular flexibility index (Phi) is 6.69. The van der Waals surface area contributed by atoms with Gasteiger partial charge in [-0.3, -0.25) is 9.59 Å². The molecule has 0 aromatic heterocycles. The number of hydrogen-bond donors (Lipinski definition) is 1. The quantitative estimate of drug-likeness (QED) is 0.810. The second kappa shape index (κ2) is 9.41. The summed E-state index contributed by atoms with van der Waals surface area (Å²) in [6.07, 6.45) is 1.59. The first kappa shape index (κ1) is 20.6. The Balaban J connectivity index is 1.51. The van der Waals surface area contributed by atoms with Crippen molar-refractivity contribution in [2.45, 2.75) is 25.3 Å². The maximum atomic E-state index is 13.0. The van der Waals surface area contributed by atoms with Crippen LogP contribution in [0.4, 0.5) is 4.39 Å². The smallest absolute Gasteiger partial charge is 0.253 e. The average molecular weight is 400 g/mol. The van der Waals surface area contributed by atoms with E-state index in [0.29, 0.717) is 43.0 Å². The fraction of sp³-hybridized carbons (Fsp3) is 0.364. The summed E-state index contributed by atoms with van der Waals surface area (Å²) in [5.41, 5.74) is 1.31. The summed E-state index contributed by atoms with van der Waals surface area (Å²) in [6, 6.07) is 11.1. The minimum Gasteiger partial charge on any atom is -0.493 e. The van der Waals surface area contributed by atoms with Crippen molar-refractivity contribution >= 4 is 11.8 Å². The van der Waals surface area contributed by atoms with Gasteiger partial charge >= 0.3 is 0 Å². The van der Waals surface area contributed by atoms with E-state index in [-0.39, 0.29) is 30.1 Å². The van der Waals surface area contributed by atoms with Crippen molar-refractivity contribution in [3.05, 3.63) is 59.4 Å². The zero-order valence-electron chi connectivity index (χ0n) is 16.6. The lowest BCUT2D eigenvalue weighted by atomic mass is 10.0. The van der Waals surface area contributed by atoms with E-state index < -0.39 is 0 Å². The minimum absolute atomic E-state index is 0.0254. The minimum atomic E-state index is -0.319. The largest absolute Gasteiger partial charge is 0.493 e. The van der Waals surface area contributed by atoms with E-state index in [1.807, 2.05) is 0 Å². The van der Waals surface area contributed by atoms with Gasteiger partial charge in [0, 0.05) is 24.7 Å². The SMILES string of the molecule is COc1ccc(C(=O)N2CCC(NC(=O)Cc3ccc(F)cc3)CC2)cc1OC. The zero-order valence-corrected chi connectivity index (χ0v) is 16.6. The number of carbonyl (C=O) groups is 2. The van der Waals surface area contributed by atoms with Crippen LogP contribution in [0.5, 0.6) is 11.5 Å². The third kappa shape index (κ3) is 5.25. The number of amides is 2. The summed E-state index contributed by atoms with van der Waals surface area (Å²) in [7, 11) is 3.08. The molecule has 1 heterocycles. The summed E-state index contributed by atoms with van der Waals surface area (Å²) in [5, 5.41) is 3.01. The van der Waals surface area contributed by atoms with Crippen molar-refractivity contribution < 1.29 is 23.5 Å². The number of nitrogens with zero attached hydrogens (tertiary/aromatic N) is 1. The number of benzene rings is 2. The molecule has 154 valence electrons. The maximum absolute atomic E-state index is 13.0. The van der Waals surface area contributed by atoms with Crippen LogP contribution in [0.1, 0.15) is 28.8 Å². The molecule has 1 saturated heterocycles. The second-order valence-electron chi connectivity index (χ2n) is 7.01. The molecule has 0 bridgehead atoms. The Morgan fingerprint density at radius 2 is 1.69 bits per heavy atom. The highest BCUT2D eigenvalue weighted by Crippen LogP contribution is 2.28. The van der Waals surface area contributed by atoms with Crippen LogP contribution >= 0.6 is 0 Å². The predicted octanol–water partition coefficient (Wildman–Crippen LogP) is 2.81. The molecule has 0 unspecified atom stereocenters. The van der Waals surface area contributed by atoms with Crippen LogP contribution in [-0.4, -0.2) is 50.1 Å². The number of piperidine rings is 1. The van der Waals surface area contributed by atoms with Gasteiger partial charge in [-0.05, 0) is 48.7 Å². The van der Waals surface area contributed by atoms with Gasteiger partial charge in [-0.25, -0.2) is 4.39 Å². The molecule has 2 aromatic rings. The molecule has 1 N–H and O–H groups in total. The summed E-state index contributed by atoms with van der Waals surface area (Å²) < 4.78 is 23.4. The van der Waals surface area contributed by atoms with Crippen LogP contribution in [0.3, 0.4) is 0 Å². The third-order valence-electron chi connectivity index (χ3n) is 5.06. The first-order valence-electron chi connectivity index (χ1n) is 9.55. The summed E-state index contributed by atoms with van der Waals surface area (Å²) in [5.74, 6) is 0.608. The predicted molar refractivity (Wildman–Crippen MR) is 107 cm³/mol. The first-order valence-corrected chi connectivity index (χ1v) is 9.55. The Morgan fingerprint density at radius 3 is 2.31 bits per heavy atom. The first-order chi connectivity index (χ1) is 14.0. The summed E-state index contributed by atoms with van der Waals surface area (Å²) in [4.78, 5) is 26.8. The second-order valence-corrected chi connectivity index (χ2v) is 7.01. The van der Waals surface area contributed by atoms with E-state index in [1.165, 1.54) is 19.2 Å². The van der Waals surface area contributed by atoms with Gasteiger partial charge in [0.1, 0.15) is 5.82 Å². The van der Waals surface area contributed by atoms with Gasteiger partial charge in [-0.2, -0.15) is 0 Å². The van der Waals surface area contributed by atoms with Gasteiger partial charge < -0.3 is 19.7 Å². The molecule has 0 radical (unpaired) electrons. The van der Waals surface area contributed by atoms with Gasteiger partial charge in [-0.15, -0.1) is 0 Å². The van der Waals surface area contributed by atoms with E-state index in [0.717, 1.165) is 5.56 Å². The lowest BCUT2D eigenvalue weighted by Gasteiger charge is -2.32. The topological polar surface area (TPSA) is 67.9 Å². The molecule has 0 spiro atoms. The Labute approximate surface area is 169 Å². The van der Waals surface area contributed by atoms with Crippen molar-refractivity contribution in [2.75, 3.05) is 27.3 Å². The maximum Gasteiger partial charge on any atom is 0.253 e. The van der Waals surface area contributed by atoms with Crippen LogP contribution < -0.4 is 14.8 Å². The fourth-order valence-electron chi connectivity index (χ4n) is 3.45. The van der Waals surface area contributed by atoms with Crippen LogP contribution in [-0.2, 0) is 11.2 Å². The normalized spacial score (nSPS) is 14.4. The van der Waals surface area contributed by atoms with Gasteiger partial charge in [0.15, 0.2) is 11.5 Å². The molecule has 6 nitrogen and oxygen atoms in total. The molecule has 29 heavy (non-hydrogen) atoms. The van der Waals surface area contributed by atoms with Crippen LogP contribution in [0, 0.1) is 5.82 Å². The highest BCUT2D eigenvalue weighted by atomic mass is 19.1. The molecule has 7 heteroatoms. The Hall–Kier alpha value is -3.09. The van der Waals surface area contributed by atoms with E-state index in [2.05, 4.69) is 5.32 Å². The summed E-state index contributed by atoms with van der Waals surface area (Å²) >= 11 is 0. The molecule has 2 aromatic carbocycles. The molecule has 0 saturated carbocycles. The molecular formula is C22H25FN2O4. The fourth-order valence-corrected chi connectivity index (χ4v) is 3.45. The third-order valence-corrected chi connectivity index (χ3v) is 5.06. The molecule has 1 fully saturated rings. The number of methoxy groups -OCH3 is 2. The van der Waals surface area contributed by atoms with Crippen molar-refractivity contribution in [3.8, 4) is 11.5 Å². The van der Waals surface area contributed by atoms with Gasteiger partial charge in [0.2, 0.25) is 5.91 Å². The average Bonchev–Trinajstić information content (AvgIpc) is 2.75. The molecule has 1 aliphatic heterocycles. The lowest BCUT2D eigenvalue weighted by Crippen LogP contribution is -2.46. The Bertz CT molecular complexity index is 862. The standard InChI is InChI=1S/C22H25FN2O4/c1-28-19-8-5-16(14-20(19)29-2)22(27)25-11-9-18(10-12-25)24-21(26)13-15-3-6-17(23)7-4-15/h3-8,14,18H,9-13H2,1-2H3,(H,24,26). The lowest BCUT2D eigenvalue weighted by molar-refractivity contribution is -0.121. The summed E-state index contributed by atoms with van der Waals surface area (Å²) in [6.45, 7) is 1.13. The molecule has 0 atom stereocenters. The molecule has 0 aliphatic carbocycles. The number of halogens is 1. The van der Waals surface area contributed by atoms with Crippen LogP contribution in [0.2, 0.25) is 0 Å². The molecule has 2 amide bonds.